The molecule has 0 aliphatic heterocycles. The normalized spacial score (nSPS) is 13.8. The Hall–Kier alpha value is -0.160. The van der Waals surface area contributed by atoms with E-state index >= 15 is 0 Å². The molecule has 0 saturated heterocycles. The predicted octanol–water partition coefficient (Wildman–Crippen LogP) is 1.26. The summed E-state index contributed by atoms with van der Waals surface area (Å²) in [5, 5.41) is 0. The Labute approximate surface area is 113 Å². The molecule has 0 aromatic rings. The topological polar surface area (TPSA) is 41.7 Å². The molecule has 0 aliphatic rings. The molecule has 0 fully saturated rings. The molecule has 2 N–H and O–H groups in total. The van der Waals surface area contributed by atoms with Crippen molar-refractivity contribution in [2.24, 2.45) is 11.7 Å². The molecule has 4 nitrogen and oxygen atoms in total. The maximum Gasteiger partial charge on any atom is 0.0709 e. The number of likely N-dealkylation sites (N-methyl/N-ethyl adjacent to an activating group) is 1. The molecule has 0 amide bonds. The lowest BCUT2D eigenvalue weighted by molar-refractivity contribution is 0.0526. The molecule has 0 aromatic carbocycles. The summed E-state index contributed by atoms with van der Waals surface area (Å²) in [5.74, 6) is 0.704. The van der Waals surface area contributed by atoms with Gasteiger partial charge in [-0.15, -0.1) is 0 Å². The highest BCUT2D eigenvalue weighted by atomic mass is 16.5. The molecule has 1 atom stereocenters. The zero-order valence-electron chi connectivity index (χ0n) is 13.0. The Balaban J connectivity index is 4.04. The van der Waals surface area contributed by atoms with Crippen molar-refractivity contribution in [2.75, 3.05) is 53.4 Å². The van der Waals surface area contributed by atoms with Gasteiger partial charge in [0.15, 0.2) is 0 Å². The van der Waals surface area contributed by atoms with Gasteiger partial charge in [0, 0.05) is 39.3 Å². The quantitative estimate of drug-likeness (QED) is 0.606. The minimum Gasteiger partial charge on any atom is -0.377 e. The monoisotopic (exact) mass is 259 g/mol. The van der Waals surface area contributed by atoms with E-state index in [0.717, 1.165) is 39.2 Å². The lowest BCUT2D eigenvalue weighted by Gasteiger charge is -2.27. The molecular weight excluding hydrogens is 226 g/mol. The van der Waals surface area contributed by atoms with Gasteiger partial charge in [-0.25, -0.2) is 0 Å². The minimum atomic E-state index is 0.212. The van der Waals surface area contributed by atoms with Crippen LogP contribution < -0.4 is 5.73 Å². The van der Waals surface area contributed by atoms with Crippen LogP contribution in [-0.2, 0) is 4.74 Å². The Kier molecular flexibility index (Phi) is 10.6. The Bertz CT molecular complexity index is 186. The molecule has 0 bridgehead atoms. The van der Waals surface area contributed by atoms with Crippen LogP contribution in [0.4, 0.5) is 0 Å². The van der Waals surface area contributed by atoms with Gasteiger partial charge in [0.25, 0.3) is 0 Å². The van der Waals surface area contributed by atoms with Crippen molar-refractivity contribution in [3.63, 3.8) is 0 Å². The van der Waals surface area contributed by atoms with E-state index in [0.29, 0.717) is 12.5 Å². The summed E-state index contributed by atoms with van der Waals surface area (Å²) in [6.07, 6.45) is 1.24. The van der Waals surface area contributed by atoms with Crippen LogP contribution in [0.25, 0.3) is 0 Å². The second kappa shape index (κ2) is 10.7. The molecule has 0 rings (SSSR count). The molecule has 4 heteroatoms. The summed E-state index contributed by atoms with van der Waals surface area (Å²) < 4.78 is 5.61. The highest BCUT2D eigenvalue weighted by Gasteiger charge is 2.12. The summed E-state index contributed by atoms with van der Waals surface area (Å²) in [6, 6.07) is 0. The van der Waals surface area contributed by atoms with Crippen molar-refractivity contribution in [1.29, 1.82) is 0 Å². The highest BCUT2D eigenvalue weighted by molar-refractivity contribution is 4.67. The van der Waals surface area contributed by atoms with E-state index in [1.165, 1.54) is 0 Å². The summed E-state index contributed by atoms with van der Waals surface area (Å²) in [5.41, 5.74) is 5.72. The van der Waals surface area contributed by atoms with Crippen LogP contribution in [0.15, 0.2) is 0 Å². The summed E-state index contributed by atoms with van der Waals surface area (Å²) in [7, 11) is 4.24. The maximum absolute atomic E-state index is 5.72. The van der Waals surface area contributed by atoms with Crippen LogP contribution in [0.3, 0.4) is 0 Å². The zero-order chi connectivity index (χ0) is 14.0. The first-order chi connectivity index (χ1) is 8.49. The molecule has 0 aromatic heterocycles. The largest absolute Gasteiger partial charge is 0.377 e. The van der Waals surface area contributed by atoms with Crippen molar-refractivity contribution >= 4 is 0 Å². The smallest absolute Gasteiger partial charge is 0.0709 e. The van der Waals surface area contributed by atoms with Gasteiger partial charge < -0.3 is 20.3 Å². The van der Waals surface area contributed by atoms with E-state index < -0.39 is 0 Å². The molecule has 0 saturated carbocycles. The van der Waals surface area contributed by atoms with Crippen molar-refractivity contribution in [3.8, 4) is 0 Å². The van der Waals surface area contributed by atoms with Gasteiger partial charge >= 0.3 is 0 Å². The average Bonchev–Trinajstić information content (AvgIpc) is 2.30. The summed E-state index contributed by atoms with van der Waals surface area (Å²) in [6.45, 7) is 12.4. The summed E-state index contributed by atoms with van der Waals surface area (Å²) >= 11 is 0. The van der Waals surface area contributed by atoms with E-state index in [-0.39, 0.29) is 6.10 Å². The molecule has 1 unspecified atom stereocenters. The number of rotatable bonds is 11. The first kappa shape index (κ1) is 17.8. The number of ether oxygens (including phenoxy) is 1. The van der Waals surface area contributed by atoms with E-state index in [1.54, 1.807) is 0 Å². The van der Waals surface area contributed by atoms with E-state index in [4.69, 9.17) is 10.5 Å². The van der Waals surface area contributed by atoms with Crippen LogP contribution in [0, 0.1) is 5.92 Å². The van der Waals surface area contributed by atoms with Crippen molar-refractivity contribution < 1.29 is 4.74 Å². The first-order valence-corrected chi connectivity index (χ1v) is 7.18. The third kappa shape index (κ3) is 9.83. The highest BCUT2D eigenvalue weighted by Crippen LogP contribution is 2.04. The third-order valence-corrected chi connectivity index (χ3v) is 2.92. The lowest BCUT2D eigenvalue weighted by Crippen LogP contribution is -2.37. The van der Waals surface area contributed by atoms with Crippen LogP contribution in [0.5, 0.6) is 0 Å². The van der Waals surface area contributed by atoms with Crippen molar-refractivity contribution in [1.82, 2.24) is 9.80 Å². The Morgan fingerprint density at radius 2 is 1.78 bits per heavy atom. The Morgan fingerprint density at radius 1 is 1.11 bits per heavy atom. The van der Waals surface area contributed by atoms with Crippen LogP contribution in [0.1, 0.15) is 27.2 Å². The number of nitrogens with zero attached hydrogens (tertiary/aromatic N) is 2. The second-order valence-corrected chi connectivity index (χ2v) is 5.60. The van der Waals surface area contributed by atoms with E-state index in [2.05, 4.69) is 37.7 Å². The number of hydrogen-bond acceptors (Lipinski definition) is 4. The zero-order valence-corrected chi connectivity index (χ0v) is 13.0. The van der Waals surface area contributed by atoms with Gasteiger partial charge in [-0.1, -0.05) is 13.8 Å². The van der Waals surface area contributed by atoms with Crippen molar-refractivity contribution in [2.45, 2.75) is 33.3 Å². The summed E-state index contributed by atoms with van der Waals surface area (Å²) in [4.78, 5) is 4.75. The lowest BCUT2D eigenvalue weighted by atomic mass is 10.2. The van der Waals surface area contributed by atoms with Gasteiger partial charge in [-0.2, -0.15) is 0 Å². The molecule has 0 radical (unpaired) electrons. The van der Waals surface area contributed by atoms with Gasteiger partial charge in [0.2, 0.25) is 0 Å². The first-order valence-electron chi connectivity index (χ1n) is 7.18. The predicted molar refractivity (Wildman–Crippen MR) is 78.9 cm³/mol. The van der Waals surface area contributed by atoms with Crippen LogP contribution >= 0.6 is 0 Å². The fourth-order valence-corrected chi connectivity index (χ4v) is 1.98. The molecule has 0 heterocycles. The standard InChI is InChI=1S/C14H33N3O/c1-6-18-14(11-15)7-8-17(12-13(2)3)10-9-16(4)5/h13-14H,6-12,15H2,1-5H3. The fraction of sp³-hybridized carbons (Fsp3) is 1.00. The molecule has 0 spiro atoms. The van der Waals surface area contributed by atoms with Crippen molar-refractivity contribution in [3.05, 3.63) is 0 Å². The second-order valence-electron chi connectivity index (χ2n) is 5.60. The molecule has 0 aliphatic carbocycles. The van der Waals surface area contributed by atoms with Crippen LogP contribution in [0.2, 0.25) is 0 Å². The van der Waals surface area contributed by atoms with E-state index in [9.17, 15) is 0 Å². The van der Waals surface area contributed by atoms with Gasteiger partial charge in [0.05, 0.1) is 6.10 Å². The Morgan fingerprint density at radius 3 is 2.22 bits per heavy atom. The number of hydrogen-bond donors (Lipinski definition) is 1. The molecular formula is C14H33N3O. The van der Waals surface area contributed by atoms with Gasteiger partial charge in [0.1, 0.15) is 0 Å². The minimum absolute atomic E-state index is 0.212. The molecule has 18 heavy (non-hydrogen) atoms. The molecule has 110 valence electrons. The number of nitrogens with two attached hydrogens (primary N) is 1. The fourth-order valence-electron chi connectivity index (χ4n) is 1.98. The van der Waals surface area contributed by atoms with Gasteiger partial charge in [-0.3, -0.25) is 0 Å². The maximum atomic E-state index is 5.72. The average molecular weight is 259 g/mol. The van der Waals surface area contributed by atoms with Crippen LogP contribution in [-0.4, -0.2) is 69.3 Å². The van der Waals surface area contributed by atoms with E-state index in [1.807, 2.05) is 6.92 Å². The third-order valence-electron chi connectivity index (χ3n) is 2.92. The van der Waals surface area contributed by atoms with Gasteiger partial charge in [-0.05, 0) is 33.4 Å². The SMILES string of the molecule is CCOC(CN)CCN(CCN(C)C)CC(C)C.